The van der Waals surface area contributed by atoms with Gasteiger partial charge in [0.15, 0.2) is 0 Å². The number of hydrogen-bond donors (Lipinski definition) is 1. The van der Waals surface area contributed by atoms with Crippen molar-refractivity contribution in [2.45, 2.75) is 0 Å². The van der Waals surface area contributed by atoms with E-state index in [-0.39, 0.29) is 0 Å². The maximum absolute atomic E-state index is 10.9. The number of para-hydroxylation sites is 2. The Kier molecular flexibility index (Phi) is 4.43. The summed E-state index contributed by atoms with van der Waals surface area (Å²) >= 11 is 0. The smallest absolute Gasteiger partial charge is 0.328 e. The highest BCUT2D eigenvalue weighted by Gasteiger charge is 2.14. The predicted octanol–water partition coefficient (Wildman–Crippen LogP) is 3.65. The molecular formula is C19H16N2O3. The lowest BCUT2D eigenvalue weighted by atomic mass is 10.1. The van der Waals surface area contributed by atoms with Crippen LogP contribution in [0.5, 0.6) is 5.75 Å². The lowest BCUT2D eigenvalue weighted by Gasteiger charge is -2.06. The number of benzene rings is 2. The Morgan fingerprint density at radius 3 is 2.54 bits per heavy atom. The van der Waals surface area contributed by atoms with Gasteiger partial charge in [0, 0.05) is 23.4 Å². The topological polar surface area (TPSA) is 64.4 Å². The summed E-state index contributed by atoms with van der Waals surface area (Å²) in [6, 6.07) is 17.2. The van der Waals surface area contributed by atoms with Gasteiger partial charge in [-0.3, -0.25) is 0 Å². The number of aliphatic carboxylic acids is 1. The number of carbonyl (C=O) groups is 1. The van der Waals surface area contributed by atoms with Crippen LogP contribution in [0, 0.1) is 0 Å². The molecule has 0 amide bonds. The first-order valence-corrected chi connectivity index (χ1v) is 7.38. The molecule has 120 valence electrons. The number of rotatable bonds is 5. The van der Waals surface area contributed by atoms with Crippen molar-refractivity contribution in [1.29, 1.82) is 0 Å². The van der Waals surface area contributed by atoms with Gasteiger partial charge in [-0.25, -0.2) is 9.48 Å². The first-order valence-electron chi connectivity index (χ1n) is 7.38. The standard InChI is InChI=1S/C19H16N2O3/c1-24-17-10-6-5-9-16(17)19-14(11-12-18(22)23)13-21(20-19)15-7-3-2-4-8-15/h2-13H,1H3,(H,22,23). The van der Waals surface area contributed by atoms with Crippen LogP contribution in [0.4, 0.5) is 0 Å². The molecule has 0 radical (unpaired) electrons. The van der Waals surface area contributed by atoms with E-state index in [1.54, 1.807) is 18.0 Å². The molecule has 0 aliphatic heterocycles. The first-order chi connectivity index (χ1) is 11.7. The second-order valence-corrected chi connectivity index (χ2v) is 5.09. The molecule has 0 bridgehead atoms. The number of methoxy groups -OCH3 is 1. The van der Waals surface area contributed by atoms with Crippen LogP contribution in [-0.2, 0) is 4.79 Å². The van der Waals surface area contributed by atoms with Gasteiger partial charge in [-0.05, 0) is 30.3 Å². The van der Waals surface area contributed by atoms with Crippen molar-refractivity contribution in [1.82, 2.24) is 9.78 Å². The van der Waals surface area contributed by atoms with E-state index in [4.69, 9.17) is 9.84 Å². The highest BCUT2D eigenvalue weighted by atomic mass is 16.5. The molecular weight excluding hydrogens is 304 g/mol. The largest absolute Gasteiger partial charge is 0.496 e. The third-order valence-corrected chi connectivity index (χ3v) is 3.53. The number of hydrogen-bond acceptors (Lipinski definition) is 3. The van der Waals surface area contributed by atoms with Crippen molar-refractivity contribution in [2.75, 3.05) is 7.11 Å². The summed E-state index contributed by atoms with van der Waals surface area (Å²) in [7, 11) is 1.60. The summed E-state index contributed by atoms with van der Waals surface area (Å²) in [5, 5.41) is 13.6. The number of nitrogens with zero attached hydrogens (tertiary/aromatic N) is 2. The highest BCUT2D eigenvalue weighted by molar-refractivity contribution is 5.87. The summed E-state index contributed by atoms with van der Waals surface area (Å²) in [6.45, 7) is 0. The zero-order valence-electron chi connectivity index (χ0n) is 13.1. The Morgan fingerprint density at radius 2 is 1.83 bits per heavy atom. The second-order valence-electron chi connectivity index (χ2n) is 5.09. The molecule has 2 aromatic carbocycles. The molecule has 3 rings (SSSR count). The normalized spacial score (nSPS) is 10.9. The SMILES string of the molecule is COc1ccccc1-c1nn(-c2ccccc2)cc1C=CC(=O)O. The second kappa shape index (κ2) is 6.83. The van der Waals surface area contributed by atoms with Crippen LogP contribution in [0.3, 0.4) is 0 Å². The van der Waals surface area contributed by atoms with Gasteiger partial charge in [-0.15, -0.1) is 0 Å². The van der Waals surface area contributed by atoms with Crippen molar-refractivity contribution in [3.63, 3.8) is 0 Å². The molecule has 5 nitrogen and oxygen atoms in total. The minimum atomic E-state index is -1.01. The molecule has 24 heavy (non-hydrogen) atoms. The minimum absolute atomic E-state index is 0.661. The summed E-state index contributed by atoms with van der Waals surface area (Å²) in [6.07, 6.45) is 4.44. The molecule has 0 spiro atoms. The van der Waals surface area contributed by atoms with Crippen LogP contribution >= 0.6 is 0 Å². The first kappa shape index (κ1) is 15.6. The summed E-state index contributed by atoms with van der Waals surface area (Å²) in [5.41, 5.74) is 3.06. The Balaban J connectivity index is 2.16. The molecule has 5 heteroatoms. The van der Waals surface area contributed by atoms with Gasteiger partial charge in [0.2, 0.25) is 0 Å². The van der Waals surface area contributed by atoms with Gasteiger partial charge in [0.25, 0.3) is 0 Å². The van der Waals surface area contributed by atoms with Crippen LogP contribution in [0.1, 0.15) is 5.56 Å². The number of ether oxygens (including phenoxy) is 1. The summed E-state index contributed by atoms with van der Waals surface area (Å²) < 4.78 is 7.13. The Labute approximate surface area is 139 Å². The average Bonchev–Trinajstić information content (AvgIpc) is 3.04. The molecule has 0 aliphatic carbocycles. The Hall–Kier alpha value is -3.34. The van der Waals surface area contributed by atoms with Gasteiger partial charge in [-0.1, -0.05) is 30.3 Å². The fourth-order valence-corrected chi connectivity index (χ4v) is 2.43. The van der Waals surface area contributed by atoms with E-state index < -0.39 is 5.97 Å². The number of carboxylic acids is 1. The van der Waals surface area contributed by atoms with Crippen LogP contribution in [-0.4, -0.2) is 28.0 Å². The van der Waals surface area contributed by atoms with Gasteiger partial charge >= 0.3 is 5.97 Å². The van der Waals surface area contributed by atoms with Crippen LogP contribution in [0.15, 0.2) is 66.9 Å². The maximum Gasteiger partial charge on any atom is 0.328 e. The van der Waals surface area contributed by atoms with Crippen molar-refractivity contribution in [2.24, 2.45) is 0 Å². The van der Waals surface area contributed by atoms with E-state index >= 15 is 0 Å². The van der Waals surface area contributed by atoms with Crippen LogP contribution < -0.4 is 4.74 Å². The maximum atomic E-state index is 10.9. The van der Waals surface area contributed by atoms with Crippen molar-refractivity contribution >= 4 is 12.0 Å². The molecule has 3 aromatic rings. The molecule has 0 atom stereocenters. The molecule has 1 heterocycles. The molecule has 0 aliphatic rings. The lowest BCUT2D eigenvalue weighted by molar-refractivity contribution is -0.131. The third kappa shape index (κ3) is 3.20. The van der Waals surface area contributed by atoms with E-state index in [1.165, 1.54) is 6.08 Å². The van der Waals surface area contributed by atoms with E-state index in [9.17, 15) is 4.79 Å². The zero-order chi connectivity index (χ0) is 16.9. The molecule has 0 unspecified atom stereocenters. The summed E-state index contributed by atoms with van der Waals surface area (Å²) in [4.78, 5) is 10.9. The Morgan fingerprint density at radius 1 is 1.12 bits per heavy atom. The van der Waals surface area contributed by atoms with E-state index in [0.29, 0.717) is 17.0 Å². The quantitative estimate of drug-likeness (QED) is 0.729. The molecule has 0 fully saturated rings. The number of carboxylic acid groups (broad SMARTS) is 1. The lowest BCUT2D eigenvalue weighted by Crippen LogP contribution is -1.94. The zero-order valence-corrected chi connectivity index (χ0v) is 13.1. The molecule has 0 saturated heterocycles. The van der Waals surface area contributed by atoms with Crippen LogP contribution in [0.2, 0.25) is 0 Å². The molecule has 1 N–H and O–H groups in total. The van der Waals surface area contributed by atoms with Crippen molar-refractivity contribution in [3.05, 3.63) is 72.4 Å². The third-order valence-electron chi connectivity index (χ3n) is 3.53. The predicted molar refractivity (Wildman–Crippen MR) is 92.2 cm³/mol. The van der Waals surface area contributed by atoms with Gasteiger partial charge in [0.1, 0.15) is 11.4 Å². The monoisotopic (exact) mass is 320 g/mol. The van der Waals surface area contributed by atoms with Gasteiger partial charge < -0.3 is 9.84 Å². The fourth-order valence-electron chi connectivity index (χ4n) is 2.43. The van der Waals surface area contributed by atoms with E-state index in [0.717, 1.165) is 17.3 Å². The number of aromatic nitrogens is 2. The van der Waals surface area contributed by atoms with Crippen LogP contribution in [0.25, 0.3) is 23.0 Å². The Bertz CT molecular complexity index is 883. The summed E-state index contributed by atoms with van der Waals surface area (Å²) in [5.74, 6) is -0.325. The van der Waals surface area contributed by atoms with Gasteiger partial charge in [0.05, 0.1) is 12.8 Å². The highest BCUT2D eigenvalue weighted by Crippen LogP contribution is 2.32. The van der Waals surface area contributed by atoms with Crippen molar-refractivity contribution < 1.29 is 14.6 Å². The molecule has 1 aromatic heterocycles. The van der Waals surface area contributed by atoms with Crippen molar-refractivity contribution in [3.8, 4) is 22.7 Å². The van der Waals surface area contributed by atoms with Gasteiger partial charge in [-0.2, -0.15) is 5.10 Å². The van der Waals surface area contributed by atoms with E-state index in [2.05, 4.69) is 5.10 Å². The minimum Gasteiger partial charge on any atom is -0.496 e. The van der Waals surface area contributed by atoms with E-state index in [1.807, 2.05) is 54.6 Å². The fraction of sp³-hybridized carbons (Fsp3) is 0.0526. The average molecular weight is 320 g/mol. The molecule has 0 saturated carbocycles.